The second-order valence-electron chi connectivity index (χ2n) is 5.31. The molecule has 1 heterocycles. The predicted octanol–water partition coefficient (Wildman–Crippen LogP) is 2.81. The van der Waals surface area contributed by atoms with Crippen molar-refractivity contribution in [1.29, 1.82) is 0 Å². The number of rotatable bonds is 4. The minimum atomic E-state index is -0.340. The highest BCUT2D eigenvalue weighted by molar-refractivity contribution is 6.01. The van der Waals surface area contributed by atoms with Crippen LogP contribution in [0.4, 0.5) is 5.69 Å². The first-order valence-corrected chi connectivity index (χ1v) is 7.42. The third-order valence-corrected chi connectivity index (χ3v) is 3.89. The van der Waals surface area contributed by atoms with Crippen molar-refractivity contribution in [2.24, 2.45) is 0 Å². The minimum absolute atomic E-state index is 0.189. The van der Waals surface area contributed by atoms with Gasteiger partial charge in [0.15, 0.2) is 0 Å². The van der Waals surface area contributed by atoms with Crippen LogP contribution in [-0.4, -0.2) is 17.9 Å². The Labute approximate surface area is 125 Å². The van der Waals surface area contributed by atoms with E-state index in [1.54, 1.807) is 0 Å². The first-order valence-electron chi connectivity index (χ1n) is 7.42. The highest BCUT2D eigenvalue weighted by atomic mass is 16.2. The summed E-state index contributed by atoms with van der Waals surface area (Å²) >= 11 is 0. The fourth-order valence-electron chi connectivity index (χ4n) is 2.67. The molecule has 2 N–H and O–H groups in total. The van der Waals surface area contributed by atoms with E-state index in [1.807, 2.05) is 19.1 Å². The second-order valence-corrected chi connectivity index (χ2v) is 5.31. The van der Waals surface area contributed by atoms with E-state index in [9.17, 15) is 9.59 Å². The van der Waals surface area contributed by atoms with Crippen LogP contribution in [0.25, 0.3) is 6.08 Å². The van der Waals surface area contributed by atoms with E-state index in [1.165, 1.54) is 11.1 Å². The molecule has 1 aromatic carbocycles. The summed E-state index contributed by atoms with van der Waals surface area (Å²) < 4.78 is 0. The van der Waals surface area contributed by atoms with Crippen molar-refractivity contribution in [2.75, 3.05) is 5.32 Å². The maximum atomic E-state index is 11.8. The molecule has 0 saturated carbocycles. The van der Waals surface area contributed by atoms with Gasteiger partial charge in [0.2, 0.25) is 11.8 Å². The summed E-state index contributed by atoms with van der Waals surface area (Å²) in [7, 11) is 0. The van der Waals surface area contributed by atoms with E-state index in [2.05, 4.69) is 36.6 Å². The van der Waals surface area contributed by atoms with Gasteiger partial charge in [-0.15, -0.1) is 0 Å². The molecule has 0 spiro atoms. The third kappa shape index (κ3) is 3.32. The van der Waals surface area contributed by atoms with Gasteiger partial charge in [0.05, 0.1) is 0 Å². The van der Waals surface area contributed by atoms with Crippen LogP contribution in [0.15, 0.2) is 18.2 Å². The van der Waals surface area contributed by atoms with Gasteiger partial charge in [0, 0.05) is 12.1 Å². The summed E-state index contributed by atoms with van der Waals surface area (Å²) in [6.45, 7) is 6.19. The van der Waals surface area contributed by atoms with Crippen LogP contribution in [-0.2, 0) is 16.0 Å². The van der Waals surface area contributed by atoms with Gasteiger partial charge in [-0.2, -0.15) is 0 Å². The largest absolute Gasteiger partial charge is 0.373 e. The van der Waals surface area contributed by atoms with Crippen LogP contribution in [0.3, 0.4) is 0 Å². The number of carbonyl (C=O) groups excluding carboxylic acids is 2. The minimum Gasteiger partial charge on any atom is -0.373 e. The molecule has 1 atom stereocenters. The molecule has 1 saturated heterocycles. The summed E-state index contributed by atoms with van der Waals surface area (Å²) in [6.07, 6.45) is 6.02. The van der Waals surface area contributed by atoms with E-state index in [-0.39, 0.29) is 17.9 Å². The molecular formula is C17H22N2O2. The number of benzene rings is 1. The van der Waals surface area contributed by atoms with Crippen molar-refractivity contribution in [3.63, 3.8) is 0 Å². The topological polar surface area (TPSA) is 58.2 Å². The Morgan fingerprint density at radius 1 is 1.38 bits per heavy atom. The number of piperidine rings is 1. The van der Waals surface area contributed by atoms with Gasteiger partial charge in [-0.25, -0.2) is 0 Å². The molecule has 112 valence electrons. The number of carbonyl (C=O) groups is 2. The zero-order valence-electron chi connectivity index (χ0n) is 12.8. The molecule has 1 aliphatic rings. The number of anilines is 1. The number of hydrogen-bond donors (Lipinski definition) is 2. The summed E-state index contributed by atoms with van der Waals surface area (Å²) in [5, 5.41) is 5.65. The molecular weight excluding hydrogens is 264 g/mol. The molecule has 1 aromatic rings. The molecule has 1 fully saturated rings. The Bertz CT molecular complexity index is 591. The molecule has 2 amide bonds. The molecule has 0 radical (unpaired) electrons. The molecule has 1 aliphatic heterocycles. The first kappa shape index (κ1) is 15.3. The Morgan fingerprint density at radius 3 is 2.76 bits per heavy atom. The van der Waals surface area contributed by atoms with Crippen LogP contribution >= 0.6 is 0 Å². The lowest BCUT2D eigenvalue weighted by Crippen LogP contribution is -2.47. The van der Waals surface area contributed by atoms with Gasteiger partial charge in [0.1, 0.15) is 6.04 Å². The smallest absolute Gasteiger partial charge is 0.249 e. The number of aryl methyl sites for hydroxylation is 1. The summed E-state index contributed by atoms with van der Waals surface area (Å²) in [6, 6.07) is 3.77. The normalized spacial score (nSPS) is 18.9. The molecule has 21 heavy (non-hydrogen) atoms. The van der Waals surface area contributed by atoms with Gasteiger partial charge < -0.3 is 5.32 Å². The van der Waals surface area contributed by atoms with Crippen molar-refractivity contribution in [1.82, 2.24) is 5.32 Å². The van der Waals surface area contributed by atoms with Gasteiger partial charge >= 0.3 is 0 Å². The van der Waals surface area contributed by atoms with Crippen molar-refractivity contribution in [2.45, 2.75) is 46.1 Å². The molecule has 2 rings (SSSR count). The van der Waals surface area contributed by atoms with E-state index in [0.29, 0.717) is 12.8 Å². The SMILES string of the molecule is CC=Cc1c(CC)ccc(N[C@H]2CCC(=O)NC2=O)c1C. The van der Waals surface area contributed by atoms with Crippen molar-refractivity contribution < 1.29 is 9.59 Å². The predicted molar refractivity (Wildman–Crippen MR) is 85.1 cm³/mol. The fourth-order valence-corrected chi connectivity index (χ4v) is 2.67. The average molecular weight is 286 g/mol. The molecule has 0 aromatic heterocycles. The number of nitrogens with one attached hydrogen (secondary N) is 2. The van der Waals surface area contributed by atoms with Gasteiger partial charge in [-0.3, -0.25) is 14.9 Å². The number of allylic oxidation sites excluding steroid dienone is 1. The summed E-state index contributed by atoms with van der Waals surface area (Å²) in [4.78, 5) is 23.0. The Kier molecular flexibility index (Phi) is 4.78. The Hall–Kier alpha value is -2.10. The van der Waals surface area contributed by atoms with Crippen LogP contribution in [0.1, 0.15) is 43.4 Å². The second kappa shape index (κ2) is 6.57. The molecule has 0 unspecified atom stereocenters. The van der Waals surface area contributed by atoms with E-state index >= 15 is 0 Å². The van der Waals surface area contributed by atoms with E-state index < -0.39 is 0 Å². The molecule has 4 heteroatoms. The maximum absolute atomic E-state index is 11.8. The van der Waals surface area contributed by atoms with Crippen molar-refractivity contribution in [3.05, 3.63) is 34.9 Å². The zero-order valence-corrected chi connectivity index (χ0v) is 12.8. The Balaban J connectivity index is 2.26. The van der Waals surface area contributed by atoms with Crippen molar-refractivity contribution >= 4 is 23.6 Å². The van der Waals surface area contributed by atoms with E-state index in [0.717, 1.165) is 17.7 Å². The first-order chi connectivity index (χ1) is 10.1. The molecule has 4 nitrogen and oxygen atoms in total. The number of hydrogen-bond acceptors (Lipinski definition) is 3. The van der Waals surface area contributed by atoms with Crippen LogP contribution in [0.2, 0.25) is 0 Å². The molecule has 0 bridgehead atoms. The lowest BCUT2D eigenvalue weighted by atomic mass is 9.97. The average Bonchev–Trinajstić information content (AvgIpc) is 2.46. The van der Waals surface area contributed by atoms with E-state index in [4.69, 9.17) is 0 Å². The highest BCUT2D eigenvalue weighted by Gasteiger charge is 2.26. The highest BCUT2D eigenvalue weighted by Crippen LogP contribution is 2.26. The number of imide groups is 1. The fraction of sp³-hybridized carbons (Fsp3) is 0.412. The lowest BCUT2D eigenvalue weighted by molar-refractivity contribution is -0.133. The van der Waals surface area contributed by atoms with Crippen LogP contribution < -0.4 is 10.6 Å². The monoisotopic (exact) mass is 286 g/mol. The van der Waals surface area contributed by atoms with Gasteiger partial charge in [-0.1, -0.05) is 25.1 Å². The zero-order chi connectivity index (χ0) is 15.4. The van der Waals surface area contributed by atoms with Crippen molar-refractivity contribution in [3.8, 4) is 0 Å². The lowest BCUT2D eigenvalue weighted by Gasteiger charge is -2.24. The number of amides is 2. The van der Waals surface area contributed by atoms with Gasteiger partial charge in [0.25, 0.3) is 0 Å². The maximum Gasteiger partial charge on any atom is 0.249 e. The quantitative estimate of drug-likeness (QED) is 0.837. The van der Waals surface area contributed by atoms with Crippen LogP contribution in [0, 0.1) is 6.92 Å². The summed E-state index contributed by atoms with van der Waals surface area (Å²) in [5.41, 5.74) is 4.59. The standard InChI is InChI=1S/C17H22N2O2/c1-4-6-13-11(3)14(8-7-12(13)5-2)18-15-9-10-16(20)19-17(15)21/h4,6-8,15,18H,5,9-10H2,1-3H3,(H,19,20,21)/t15-/m0/s1. The Morgan fingerprint density at radius 2 is 2.14 bits per heavy atom. The molecule has 0 aliphatic carbocycles. The third-order valence-electron chi connectivity index (χ3n) is 3.89. The van der Waals surface area contributed by atoms with Gasteiger partial charge in [-0.05, 0) is 49.4 Å². The summed E-state index contributed by atoms with van der Waals surface area (Å²) in [5.74, 6) is -0.427. The van der Waals surface area contributed by atoms with Crippen LogP contribution in [0.5, 0.6) is 0 Å².